The SMILES string of the molecule is Cc1nc2ccc(NC(=O)CN3C(=O)N(C)C4(CCCCC4)C3=O)cc2s1. The Morgan fingerprint density at radius 3 is 2.74 bits per heavy atom. The molecule has 4 amide bonds. The lowest BCUT2D eigenvalue weighted by Gasteiger charge is -2.35. The van der Waals surface area contributed by atoms with E-state index in [9.17, 15) is 14.4 Å². The lowest BCUT2D eigenvalue weighted by molar-refractivity contribution is -0.136. The number of thiazole rings is 1. The maximum atomic E-state index is 12.9. The standard InChI is InChI=1S/C19H22N4O3S/c1-12-20-14-7-6-13(10-15(14)27-12)21-16(24)11-23-17(25)19(22(2)18(23)26)8-4-3-5-9-19/h6-7,10H,3-5,8-9,11H2,1-2H3,(H,21,24). The van der Waals surface area contributed by atoms with Crippen LogP contribution in [-0.4, -0.2) is 51.8 Å². The third kappa shape index (κ3) is 2.97. The Bertz CT molecular complexity index is 932. The van der Waals surface area contributed by atoms with Crippen LogP contribution >= 0.6 is 11.3 Å². The van der Waals surface area contributed by atoms with Crippen LogP contribution in [0.2, 0.25) is 0 Å². The zero-order chi connectivity index (χ0) is 19.2. The number of benzene rings is 1. The van der Waals surface area contributed by atoms with E-state index in [1.807, 2.05) is 19.1 Å². The number of hydrogen-bond donors (Lipinski definition) is 1. The molecule has 27 heavy (non-hydrogen) atoms. The van der Waals surface area contributed by atoms with Crippen molar-refractivity contribution in [3.05, 3.63) is 23.2 Å². The normalized spacial score (nSPS) is 19.3. The van der Waals surface area contributed by atoms with Crippen molar-refractivity contribution < 1.29 is 14.4 Å². The lowest BCUT2D eigenvalue weighted by Crippen LogP contribution is -2.49. The van der Waals surface area contributed by atoms with Crippen molar-refractivity contribution in [3.8, 4) is 0 Å². The van der Waals surface area contributed by atoms with Gasteiger partial charge in [-0.2, -0.15) is 0 Å². The van der Waals surface area contributed by atoms with Crippen molar-refractivity contribution in [2.75, 3.05) is 18.9 Å². The summed E-state index contributed by atoms with van der Waals surface area (Å²) in [6.07, 6.45) is 4.29. The molecule has 2 aliphatic rings. The van der Waals surface area contributed by atoms with E-state index in [0.29, 0.717) is 18.5 Å². The molecule has 1 saturated heterocycles. The van der Waals surface area contributed by atoms with Gasteiger partial charge in [-0.25, -0.2) is 9.78 Å². The number of urea groups is 1. The summed E-state index contributed by atoms with van der Waals surface area (Å²) in [6, 6.07) is 5.11. The zero-order valence-electron chi connectivity index (χ0n) is 15.4. The Kier molecular flexibility index (Phi) is 4.38. The Balaban J connectivity index is 1.48. The molecule has 7 nitrogen and oxygen atoms in total. The highest BCUT2D eigenvalue weighted by atomic mass is 32.1. The van der Waals surface area contributed by atoms with Gasteiger partial charge in [-0.05, 0) is 38.0 Å². The molecule has 1 N–H and O–H groups in total. The van der Waals surface area contributed by atoms with E-state index < -0.39 is 5.54 Å². The van der Waals surface area contributed by atoms with Crippen LogP contribution in [0.3, 0.4) is 0 Å². The maximum absolute atomic E-state index is 12.9. The molecule has 8 heteroatoms. The predicted molar refractivity (Wildman–Crippen MR) is 104 cm³/mol. The summed E-state index contributed by atoms with van der Waals surface area (Å²) in [5, 5.41) is 3.75. The van der Waals surface area contributed by atoms with Crippen LogP contribution in [0.1, 0.15) is 37.1 Å². The number of aryl methyl sites for hydroxylation is 1. The molecule has 142 valence electrons. The molecule has 1 aromatic carbocycles. The molecule has 2 heterocycles. The molecule has 0 bridgehead atoms. The predicted octanol–water partition coefficient (Wildman–Crippen LogP) is 3.14. The Hall–Kier alpha value is -2.48. The van der Waals surface area contributed by atoms with Gasteiger partial charge < -0.3 is 10.2 Å². The summed E-state index contributed by atoms with van der Waals surface area (Å²) in [6.45, 7) is 1.68. The van der Waals surface area contributed by atoms with Gasteiger partial charge in [-0.3, -0.25) is 14.5 Å². The number of fused-ring (bicyclic) bond motifs is 1. The maximum Gasteiger partial charge on any atom is 0.327 e. The van der Waals surface area contributed by atoms with Crippen LogP contribution in [-0.2, 0) is 9.59 Å². The van der Waals surface area contributed by atoms with Gasteiger partial charge in [0.25, 0.3) is 5.91 Å². The van der Waals surface area contributed by atoms with Gasteiger partial charge in [0.05, 0.1) is 15.2 Å². The monoisotopic (exact) mass is 386 g/mol. The largest absolute Gasteiger partial charge is 0.327 e. The smallest absolute Gasteiger partial charge is 0.324 e. The van der Waals surface area contributed by atoms with E-state index in [1.165, 1.54) is 4.90 Å². The van der Waals surface area contributed by atoms with Crippen molar-refractivity contribution in [1.82, 2.24) is 14.8 Å². The second-order valence-electron chi connectivity index (χ2n) is 7.29. The Labute approximate surface area is 161 Å². The highest BCUT2D eigenvalue weighted by Gasteiger charge is 2.55. The first-order valence-electron chi connectivity index (χ1n) is 9.17. The molecule has 1 aliphatic carbocycles. The average molecular weight is 386 g/mol. The van der Waals surface area contributed by atoms with Crippen molar-refractivity contribution in [2.24, 2.45) is 0 Å². The number of nitrogens with one attached hydrogen (secondary N) is 1. The van der Waals surface area contributed by atoms with Crippen LogP contribution < -0.4 is 5.32 Å². The van der Waals surface area contributed by atoms with Crippen LogP contribution in [0.4, 0.5) is 10.5 Å². The van der Waals surface area contributed by atoms with E-state index >= 15 is 0 Å². The lowest BCUT2D eigenvalue weighted by atomic mass is 9.81. The number of carbonyl (C=O) groups is 3. The van der Waals surface area contributed by atoms with Gasteiger partial charge in [0.2, 0.25) is 5.91 Å². The highest BCUT2D eigenvalue weighted by molar-refractivity contribution is 7.18. The summed E-state index contributed by atoms with van der Waals surface area (Å²) in [5.41, 5.74) is 0.770. The van der Waals surface area contributed by atoms with Crippen LogP contribution in [0.15, 0.2) is 18.2 Å². The van der Waals surface area contributed by atoms with E-state index in [-0.39, 0.29) is 24.4 Å². The molecule has 2 aromatic rings. The van der Waals surface area contributed by atoms with Gasteiger partial charge in [0.1, 0.15) is 12.1 Å². The minimum absolute atomic E-state index is 0.238. The molecule has 1 aromatic heterocycles. The van der Waals surface area contributed by atoms with Crippen molar-refractivity contribution in [3.63, 3.8) is 0 Å². The van der Waals surface area contributed by atoms with Gasteiger partial charge in [-0.15, -0.1) is 11.3 Å². The summed E-state index contributed by atoms with van der Waals surface area (Å²) in [5.74, 6) is -0.614. The van der Waals surface area contributed by atoms with Crippen molar-refractivity contribution in [1.29, 1.82) is 0 Å². The number of nitrogens with zero attached hydrogens (tertiary/aromatic N) is 3. The fourth-order valence-corrected chi connectivity index (χ4v) is 5.00. The third-order valence-corrected chi connectivity index (χ3v) is 6.50. The highest BCUT2D eigenvalue weighted by Crippen LogP contribution is 2.39. The van der Waals surface area contributed by atoms with Crippen LogP contribution in [0.25, 0.3) is 10.2 Å². The quantitative estimate of drug-likeness (QED) is 0.822. The second-order valence-corrected chi connectivity index (χ2v) is 8.52. The van der Waals surface area contributed by atoms with Crippen LogP contribution in [0, 0.1) is 6.92 Å². The van der Waals surface area contributed by atoms with Crippen LogP contribution in [0.5, 0.6) is 0 Å². The minimum Gasteiger partial charge on any atom is -0.324 e. The van der Waals surface area contributed by atoms with Gasteiger partial charge >= 0.3 is 6.03 Å². The number of imide groups is 1. The first-order valence-corrected chi connectivity index (χ1v) is 9.99. The molecule has 0 unspecified atom stereocenters. The summed E-state index contributed by atoms with van der Waals surface area (Å²) in [7, 11) is 1.67. The van der Waals surface area contributed by atoms with Gasteiger partial charge in [-0.1, -0.05) is 19.3 Å². The summed E-state index contributed by atoms with van der Waals surface area (Å²) < 4.78 is 0.986. The summed E-state index contributed by atoms with van der Waals surface area (Å²) >= 11 is 1.55. The molecule has 1 spiro atoms. The van der Waals surface area contributed by atoms with E-state index in [2.05, 4.69) is 10.3 Å². The molecule has 0 atom stereocenters. The minimum atomic E-state index is -0.755. The van der Waals surface area contributed by atoms with E-state index in [1.54, 1.807) is 24.5 Å². The van der Waals surface area contributed by atoms with Gasteiger partial charge in [0, 0.05) is 12.7 Å². The fourth-order valence-electron chi connectivity index (χ4n) is 4.13. The number of carbonyl (C=O) groups excluding carboxylic acids is 3. The average Bonchev–Trinajstić information content (AvgIpc) is 3.10. The topological polar surface area (TPSA) is 82.6 Å². The van der Waals surface area contributed by atoms with E-state index in [4.69, 9.17) is 0 Å². The number of hydrogen-bond acceptors (Lipinski definition) is 5. The number of aromatic nitrogens is 1. The molecule has 2 fully saturated rings. The number of rotatable bonds is 3. The zero-order valence-corrected chi connectivity index (χ0v) is 16.3. The Morgan fingerprint density at radius 1 is 1.26 bits per heavy atom. The molecule has 1 saturated carbocycles. The van der Waals surface area contributed by atoms with Crippen molar-refractivity contribution in [2.45, 2.75) is 44.6 Å². The molecular formula is C19H22N4O3S. The molecular weight excluding hydrogens is 364 g/mol. The van der Waals surface area contributed by atoms with Gasteiger partial charge in [0.15, 0.2) is 0 Å². The molecule has 4 rings (SSSR count). The fraction of sp³-hybridized carbons (Fsp3) is 0.474. The number of amides is 4. The van der Waals surface area contributed by atoms with Crippen molar-refractivity contribution >= 4 is 45.1 Å². The Morgan fingerprint density at radius 2 is 2.00 bits per heavy atom. The molecule has 0 radical (unpaired) electrons. The third-order valence-electron chi connectivity index (χ3n) is 5.56. The second kappa shape index (κ2) is 6.60. The summed E-state index contributed by atoms with van der Waals surface area (Å²) in [4.78, 5) is 45.1. The number of anilines is 1. The number of likely N-dealkylation sites (N-methyl/N-ethyl adjacent to an activating group) is 1. The van der Waals surface area contributed by atoms with E-state index in [0.717, 1.165) is 39.4 Å². The first-order chi connectivity index (χ1) is 12.9. The first kappa shape index (κ1) is 17.9. The molecule has 1 aliphatic heterocycles.